The molecule has 0 fully saturated rings. The normalized spacial score (nSPS) is 12.0. The van der Waals surface area contributed by atoms with E-state index in [0.717, 1.165) is 76.9 Å². The standard InChI is InChI=1S/C68H40O2/c1-3-19-41(20-4-1)42-35-37-44(38-36-42)61-48-25-9-13-29-52(48)64(53-30-14-10-26-49(53)61)57-40-45-39-56(63-50-27-11-7-23-46(50)60(43-21-5-2-6-22-43)47-24-8-12-28-51(47)63)67-65(54-31-15-17-33-58(54)69-67)62(45)66-55-32-16-18-34-59(55)70-68(57)66/h1-40H. The molecule has 15 aromatic rings. The van der Waals surface area contributed by atoms with E-state index in [4.69, 9.17) is 8.83 Å². The Morgan fingerprint density at radius 2 is 0.500 bits per heavy atom. The predicted molar refractivity (Wildman–Crippen MR) is 296 cm³/mol. The molecule has 0 atom stereocenters. The van der Waals surface area contributed by atoms with Gasteiger partial charge in [0.1, 0.15) is 22.3 Å². The van der Waals surface area contributed by atoms with Crippen molar-refractivity contribution in [3.63, 3.8) is 0 Å². The SMILES string of the molecule is c1ccc(-c2ccc(-c3c4ccccc4c(-c4cc5cc(-c6c7ccccc7c(-c7ccccc7)c7ccccc67)c6oc7ccccc7c6c5c5c4oc4ccccc45)c4ccccc34)cc2)cc1. The van der Waals surface area contributed by atoms with E-state index in [9.17, 15) is 0 Å². The molecule has 2 heteroatoms. The number of hydrogen-bond acceptors (Lipinski definition) is 2. The van der Waals surface area contributed by atoms with Crippen LogP contribution in [0.2, 0.25) is 0 Å². The Bertz CT molecular complexity index is 4500. The summed E-state index contributed by atoms with van der Waals surface area (Å²) in [4.78, 5) is 0. The first kappa shape index (κ1) is 38.8. The first-order chi connectivity index (χ1) is 34.8. The van der Waals surface area contributed by atoms with Gasteiger partial charge in [0.05, 0.1) is 0 Å². The third-order valence-corrected chi connectivity index (χ3v) is 14.8. The van der Waals surface area contributed by atoms with E-state index in [-0.39, 0.29) is 0 Å². The molecule has 324 valence electrons. The second kappa shape index (κ2) is 15.1. The van der Waals surface area contributed by atoms with Gasteiger partial charge >= 0.3 is 0 Å². The largest absolute Gasteiger partial charge is 0.455 e. The fraction of sp³-hybridized carbons (Fsp3) is 0. The smallest absolute Gasteiger partial charge is 0.143 e. The monoisotopic (exact) mass is 888 g/mol. The summed E-state index contributed by atoms with van der Waals surface area (Å²) in [6, 6.07) is 88.0. The molecule has 13 aromatic carbocycles. The van der Waals surface area contributed by atoms with Crippen LogP contribution in [-0.2, 0) is 0 Å². The van der Waals surface area contributed by atoms with E-state index in [2.05, 4.69) is 243 Å². The van der Waals surface area contributed by atoms with Gasteiger partial charge in [0.25, 0.3) is 0 Å². The third kappa shape index (κ3) is 5.62. The average Bonchev–Trinajstić information content (AvgIpc) is 4.02. The minimum absolute atomic E-state index is 0.855. The Labute approximate surface area is 402 Å². The maximum absolute atomic E-state index is 7.21. The van der Waals surface area contributed by atoms with Crippen molar-refractivity contribution < 1.29 is 8.83 Å². The maximum Gasteiger partial charge on any atom is 0.143 e. The van der Waals surface area contributed by atoms with Gasteiger partial charge in [-0.15, -0.1) is 0 Å². The Kier molecular flexibility index (Phi) is 8.39. The zero-order valence-electron chi connectivity index (χ0n) is 37.9. The predicted octanol–water partition coefficient (Wildman–Crippen LogP) is 19.6. The lowest BCUT2D eigenvalue weighted by Gasteiger charge is -2.20. The summed E-state index contributed by atoms with van der Waals surface area (Å²) in [6.45, 7) is 0. The first-order valence-electron chi connectivity index (χ1n) is 24.1. The lowest BCUT2D eigenvalue weighted by molar-refractivity contribution is 0.670. The van der Waals surface area contributed by atoms with Gasteiger partial charge in [-0.05, 0) is 106 Å². The molecule has 15 rings (SSSR count). The molecule has 0 amide bonds. The van der Waals surface area contributed by atoms with Crippen LogP contribution in [0.1, 0.15) is 0 Å². The Morgan fingerprint density at radius 3 is 0.900 bits per heavy atom. The summed E-state index contributed by atoms with van der Waals surface area (Å²) in [5.41, 5.74) is 15.1. The average molecular weight is 889 g/mol. The van der Waals surface area contributed by atoms with Gasteiger partial charge in [0, 0.05) is 49.2 Å². The van der Waals surface area contributed by atoms with Crippen molar-refractivity contribution in [3.8, 4) is 55.6 Å². The summed E-state index contributed by atoms with van der Waals surface area (Å²) in [6.07, 6.45) is 0. The molecule has 0 aliphatic heterocycles. The van der Waals surface area contributed by atoms with Crippen LogP contribution in [0.15, 0.2) is 251 Å². The highest BCUT2D eigenvalue weighted by Crippen LogP contribution is 2.53. The van der Waals surface area contributed by atoms with Crippen LogP contribution in [0.5, 0.6) is 0 Å². The second-order valence-corrected chi connectivity index (χ2v) is 18.5. The van der Waals surface area contributed by atoms with E-state index in [1.54, 1.807) is 0 Å². The number of rotatable bonds is 5. The second-order valence-electron chi connectivity index (χ2n) is 18.5. The summed E-state index contributed by atoms with van der Waals surface area (Å²) in [7, 11) is 0. The van der Waals surface area contributed by atoms with Crippen molar-refractivity contribution >= 4 is 97.7 Å². The number of furan rings is 2. The van der Waals surface area contributed by atoms with E-state index >= 15 is 0 Å². The van der Waals surface area contributed by atoms with Crippen molar-refractivity contribution in [2.24, 2.45) is 0 Å². The lowest BCUT2D eigenvalue weighted by atomic mass is 9.83. The number of hydrogen-bond donors (Lipinski definition) is 0. The summed E-state index contributed by atoms with van der Waals surface area (Å²) < 4.78 is 14.4. The van der Waals surface area contributed by atoms with Gasteiger partial charge in [-0.1, -0.05) is 218 Å². The van der Waals surface area contributed by atoms with Crippen LogP contribution in [0.25, 0.3) is 153 Å². The quantitative estimate of drug-likeness (QED) is 0.161. The van der Waals surface area contributed by atoms with Crippen molar-refractivity contribution in [3.05, 3.63) is 243 Å². The highest BCUT2D eigenvalue weighted by atomic mass is 16.3. The molecule has 0 saturated heterocycles. The molecular formula is C68H40O2. The zero-order valence-corrected chi connectivity index (χ0v) is 37.9. The topological polar surface area (TPSA) is 26.3 Å². The van der Waals surface area contributed by atoms with Crippen LogP contribution in [0, 0.1) is 0 Å². The highest BCUT2D eigenvalue weighted by Gasteiger charge is 2.27. The summed E-state index contributed by atoms with van der Waals surface area (Å²) in [5, 5.41) is 16.1. The van der Waals surface area contributed by atoms with E-state index < -0.39 is 0 Å². The summed E-state index contributed by atoms with van der Waals surface area (Å²) in [5.74, 6) is 0. The fourth-order valence-electron chi connectivity index (χ4n) is 11.9. The van der Waals surface area contributed by atoms with Crippen LogP contribution in [0.4, 0.5) is 0 Å². The van der Waals surface area contributed by atoms with Crippen molar-refractivity contribution in [1.29, 1.82) is 0 Å². The van der Waals surface area contributed by atoms with Gasteiger partial charge in [-0.25, -0.2) is 0 Å². The van der Waals surface area contributed by atoms with Crippen LogP contribution >= 0.6 is 0 Å². The fourth-order valence-corrected chi connectivity index (χ4v) is 11.9. The van der Waals surface area contributed by atoms with Gasteiger partial charge < -0.3 is 8.83 Å². The zero-order chi connectivity index (χ0) is 45.9. The van der Waals surface area contributed by atoms with Crippen molar-refractivity contribution in [2.45, 2.75) is 0 Å². The number of benzene rings is 13. The molecular weight excluding hydrogens is 849 g/mol. The highest BCUT2D eigenvalue weighted by molar-refractivity contribution is 6.37. The van der Waals surface area contributed by atoms with Crippen molar-refractivity contribution in [2.75, 3.05) is 0 Å². The van der Waals surface area contributed by atoms with Gasteiger partial charge in [0.2, 0.25) is 0 Å². The Hall–Kier alpha value is -9.24. The van der Waals surface area contributed by atoms with Crippen LogP contribution in [0.3, 0.4) is 0 Å². The molecule has 0 bridgehead atoms. The molecule has 0 aliphatic carbocycles. The molecule has 2 nitrogen and oxygen atoms in total. The van der Waals surface area contributed by atoms with Gasteiger partial charge in [-0.2, -0.15) is 0 Å². The Balaban J connectivity index is 1.09. The molecule has 0 unspecified atom stereocenters. The van der Waals surface area contributed by atoms with E-state index in [0.29, 0.717) is 0 Å². The van der Waals surface area contributed by atoms with Gasteiger partial charge in [-0.3, -0.25) is 0 Å². The molecule has 70 heavy (non-hydrogen) atoms. The third-order valence-electron chi connectivity index (χ3n) is 14.8. The van der Waals surface area contributed by atoms with Crippen molar-refractivity contribution in [1.82, 2.24) is 0 Å². The van der Waals surface area contributed by atoms with E-state index in [1.807, 2.05) is 0 Å². The molecule has 2 heterocycles. The minimum Gasteiger partial charge on any atom is -0.455 e. The molecule has 2 aromatic heterocycles. The van der Waals surface area contributed by atoms with Crippen LogP contribution < -0.4 is 0 Å². The number of fused-ring (bicyclic) bond motifs is 13. The Morgan fingerprint density at radius 1 is 0.214 bits per heavy atom. The molecule has 0 aliphatic rings. The van der Waals surface area contributed by atoms with Gasteiger partial charge in [0.15, 0.2) is 0 Å². The summed E-state index contributed by atoms with van der Waals surface area (Å²) >= 11 is 0. The molecule has 0 saturated carbocycles. The molecule has 0 N–H and O–H groups in total. The lowest BCUT2D eigenvalue weighted by Crippen LogP contribution is -1.93. The van der Waals surface area contributed by atoms with Crippen LogP contribution in [-0.4, -0.2) is 0 Å². The first-order valence-corrected chi connectivity index (χ1v) is 24.1. The minimum atomic E-state index is 0.855. The van der Waals surface area contributed by atoms with E-state index in [1.165, 1.54) is 76.5 Å². The molecule has 0 spiro atoms. The number of para-hydroxylation sites is 2. The maximum atomic E-state index is 7.21. The molecule has 0 radical (unpaired) electrons.